The van der Waals surface area contributed by atoms with E-state index in [-0.39, 0.29) is 17.9 Å². The van der Waals surface area contributed by atoms with E-state index in [4.69, 9.17) is 0 Å². The molecule has 0 aliphatic rings. The Labute approximate surface area is 85.1 Å². The Morgan fingerprint density at radius 1 is 1.20 bits per heavy atom. The summed E-state index contributed by atoms with van der Waals surface area (Å²) in [5, 5.41) is 2.22. The minimum atomic E-state index is -0.784. The normalized spacial score (nSPS) is 9.80. The molecule has 0 radical (unpaired) electrons. The van der Waals surface area contributed by atoms with Gasteiger partial charge in [-0.3, -0.25) is 9.59 Å². The predicted molar refractivity (Wildman–Crippen MR) is 50.3 cm³/mol. The third kappa shape index (κ3) is 3.84. The highest BCUT2D eigenvalue weighted by molar-refractivity contribution is 6.03. The van der Waals surface area contributed by atoms with E-state index in [0.717, 1.165) is 12.1 Å². The first kappa shape index (κ1) is 11.3. The molecule has 0 saturated heterocycles. The lowest BCUT2D eigenvalue weighted by Gasteiger charge is -2.03. The highest BCUT2D eigenvalue weighted by atomic mass is 19.1. The van der Waals surface area contributed by atoms with Gasteiger partial charge in [-0.05, 0) is 19.1 Å². The lowest BCUT2D eigenvalue weighted by atomic mass is 10.2. The van der Waals surface area contributed by atoms with Gasteiger partial charge in [-0.25, -0.2) is 8.78 Å². The van der Waals surface area contributed by atoms with Gasteiger partial charge in [0.1, 0.15) is 17.4 Å². The van der Waals surface area contributed by atoms with E-state index >= 15 is 0 Å². The van der Waals surface area contributed by atoms with Crippen molar-refractivity contribution in [1.29, 1.82) is 0 Å². The van der Waals surface area contributed by atoms with E-state index in [9.17, 15) is 18.4 Å². The maximum absolute atomic E-state index is 12.7. The molecule has 0 unspecified atom stereocenters. The quantitative estimate of drug-likeness (QED) is 0.779. The number of amides is 1. The summed E-state index contributed by atoms with van der Waals surface area (Å²) in [6.07, 6.45) is -0.307. The first-order chi connectivity index (χ1) is 6.97. The molecule has 1 amide bonds. The van der Waals surface area contributed by atoms with Crippen molar-refractivity contribution in [1.82, 2.24) is 0 Å². The number of hydrogen-bond donors (Lipinski definition) is 1. The fraction of sp³-hybridized carbons (Fsp3) is 0.200. The summed E-state index contributed by atoms with van der Waals surface area (Å²) >= 11 is 0. The monoisotopic (exact) mass is 213 g/mol. The summed E-state index contributed by atoms with van der Waals surface area (Å²) in [6, 6.07) is 2.64. The van der Waals surface area contributed by atoms with Gasteiger partial charge in [-0.1, -0.05) is 0 Å². The Kier molecular flexibility index (Phi) is 3.49. The van der Waals surface area contributed by atoms with Crippen LogP contribution in [0.25, 0.3) is 0 Å². The molecule has 1 rings (SSSR count). The molecule has 3 nitrogen and oxygen atoms in total. The van der Waals surface area contributed by atoms with Gasteiger partial charge >= 0.3 is 0 Å². The van der Waals surface area contributed by atoms with Crippen molar-refractivity contribution < 1.29 is 18.4 Å². The number of anilines is 1. The van der Waals surface area contributed by atoms with Gasteiger partial charge in [0.05, 0.1) is 6.42 Å². The Hall–Kier alpha value is -1.78. The number of ketones is 1. The van der Waals surface area contributed by atoms with Gasteiger partial charge in [-0.2, -0.15) is 0 Å². The fourth-order valence-electron chi connectivity index (χ4n) is 1.06. The van der Waals surface area contributed by atoms with Crippen LogP contribution in [-0.2, 0) is 9.59 Å². The van der Waals surface area contributed by atoms with Gasteiger partial charge in [0.15, 0.2) is 0 Å². The number of rotatable bonds is 3. The summed E-state index contributed by atoms with van der Waals surface area (Å²) in [4.78, 5) is 21.6. The summed E-state index contributed by atoms with van der Waals surface area (Å²) in [6.45, 7) is 1.26. The third-order valence-electron chi connectivity index (χ3n) is 1.56. The maximum Gasteiger partial charge on any atom is 0.231 e. The van der Waals surface area contributed by atoms with Crippen molar-refractivity contribution in [3.63, 3.8) is 0 Å². The Morgan fingerprint density at radius 3 is 2.20 bits per heavy atom. The van der Waals surface area contributed by atoms with Gasteiger partial charge in [0.25, 0.3) is 0 Å². The average Bonchev–Trinajstić information content (AvgIpc) is 1.98. The van der Waals surface area contributed by atoms with E-state index < -0.39 is 17.5 Å². The molecule has 0 heterocycles. The summed E-state index contributed by atoms with van der Waals surface area (Å²) < 4.78 is 25.4. The standard InChI is InChI=1S/C10H9F2NO2/c1-6(14)2-10(15)13-9-4-7(11)3-8(12)5-9/h3-5H,2H2,1H3,(H,13,15). The van der Waals surface area contributed by atoms with Crippen molar-refractivity contribution in [2.24, 2.45) is 0 Å². The minimum Gasteiger partial charge on any atom is -0.326 e. The van der Waals surface area contributed by atoms with E-state index in [1.54, 1.807) is 0 Å². The molecule has 1 N–H and O–H groups in total. The molecule has 0 fully saturated rings. The van der Waals surface area contributed by atoms with E-state index in [1.165, 1.54) is 6.92 Å². The van der Waals surface area contributed by atoms with Crippen LogP contribution in [0, 0.1) is 11.6 Å². The highest BCUT2D eigenvalue weighted by Gasteiger charge is 2.07. The Morgan fingerprint density at radius 2 is 1.73 bits per heavy atom. The second kappa shape index (κ2) is 4.63. The molecule has 0 spiro atoms. The zero-order chi connectivity index (χ0) is 11.4. The first-order valence-electron chi connectivity index (χ1n) is 4.23. The molecule has 0 aliphatic heterocycles. The zero-order valence-corrected chi connectivity index (χ0v) is 8.01. The van der Waals surface area contributed by atoms with Crippen LogP contribution >= 0.6 is 0 Å². The van der Waals surface area contributed by atoms with E-state index in [2.05, 4.69) is 5.32 Å². The number of halogens is 2. The molecule has 0 aromatic heterocycles. The Bertz CT molecular complexity index is 384. The Balaban J connectivity index is 2.72. The van der Waals surface area contributed by atoms with E-state index in [0.29, 0.717) is 6.07 Å². The molecule has 0 aliphatic carbocycles. The van der Waals surface area contributed by atoms with E-state index in [1.807, 2.05) is 0 Å². The highest BCUT2D eigenvalue weighted by Crippen LogP contribution is 2.12. The number of benzene rings is 1. The molecular formula is C10H9F2NO2. The molecule has 0 saturated carbocycles. The molecule has 0 atom stereocenters. The van der Waals surface area contributed by atoms with Crippen LogP contribution in [0.15, 0.2) is 18.2 Å². The van der Waals surface area contributed by atoms with Crippen LogP contribution in [0.5, 0.6) is 0 Å². The van der Waals surface area contributed by atoms with Crippen LogP contribution in [0.1, 0.15) is 13.3 Å². The fourth-order valence-corrected chi connectivity index (χ4v) is 1.06. The second-order valence-corrected chi connectivity index (χ2v) is 3.09. The summed E-state index contributed by atoms with van der Waals surface area (Å²) in [5.41, 5.74) is -0.00116. The van der Waals surface area contributed by atoms with Gasteiger partial charge < -0.3 is 5.32 Å². The molecule has 5 heteroatoms. The molecule has 1 aromatic rings. The average molecular weight is 213 g/mol. The smallest absolute Gasteiger partial charge is 0.231 e. The van der Waals surface area contributed by atoms with Crippen LogP contribution in [-0.4, -0.2) is 11.7 Å². The number of carbonyl (C=O) groups is 2. The second-order valence-electron chi connectivity index (χ2n) is 3.09. The molecule has 15 heavy (non-hydrogen) atoms. The van der Waals surface area contributed by atoms with Crippen molar-refractivity contribution in [3.8, 4) is 0 Å². The molecule has 80 valence electrons. The molecular weight excluding hydrogens is 204 g/mol. The first-order valence-corrected chi connectivity index (χ1v) is 4.23. The van der Waals surface area contributed by atoms with Crippen LogP contribution in [0.2, 0.25) is 0 Å². The van der Waals surface area contributed by atoms with Gasteiger partial charge in [-0.15, -0.1) is 0 Å². The molecule has 1 aromatic carbocycles. The maximum atomic E-state index is 12.7. The number of nitrogens with one attached hydrogen (secondary N) is 1. The van der Waals surface area contributed by atoms with Crippen molar-refractivity contribution in [2.45, 2.75) is 13.3 Å². The zero-order valence-electron chi connectivity index (χ0n) is 8.01. The summed E-state index contributed by atoms with van der Waals surface area (Å²) in [7, 11) is 0. The van der Waals surface area contributed by atoms with Gasteiger partial charge in [0, 0.05) is 11.8 Å². The van der Waals surface area contributed by atoms with Crippen LogP contribution in [0.4, 0.5) is 14.5 Å². The SMILES string of the molecule is CC(=O)CC(=O)Nc1cc(F)cc(F)c1. The van der Waals surface area contributed by atoms with Crippen molar-refractivity contribution in [2.75, 3.05) is 5.32 Å². The number of Topliss-reactive ketones (excluding diaryl/α,β-unsaturated/α-hetero) is 1. The third-order valence-corrected chi connectivity index (χ3v) is 1.56. The number of carbonyl (C=O) groups excluding carboxylic acids is 2. The lowest BCUT2D eigenvalue weighted by molar-refractivity contribution is -0.124. The number of hydrogen-bond acceptors (Lipinski definition) is 2. The van der Waals surface area contributed by atoms with Crippen molar-refractivity contribution in [3.05, 3.63) is 29.8 Å². The van der Waals surface area contributed by atoms with Crippen LogP contribution < -0.4 is 5.32 Å². The lowest BCUT2D eigenvalue weighted by Crippen LogP contribution is -2.14. The predicted octanol–water partition coefficient (Wildman–Crippen LogP) is 1.88. The van der Waals surface area contributed by atoms with Crippen LogP contribution in [0.3, 0.4) is 0 Å². The largest absolute Gasteiger partial charge is 0.326 e. The van der Waals surface area contributed by atoms with Gasteiger partial charge in [0.2, 0.25) is 5.91 Å². The summed E-state index contributed by atoms with van der Waals surface area (Å²) in [5.74, 6) is -2.47. The topological polar surface area (TPSA) is 46.2 Å². The molecule has 0 bridgehead atoms. The van der Waals surface area contributed by atoms with Crippen molar-refractivity contribution >= 4 is 17.4 Å². The minimum absolute atomic E-state index is 0.00116.